The number of carbonyl (C=O) groups is 2. The van der Waals surface area contributed by atoms with Crippen molar-refractivity contribution in [1.82, 2.24) is 9.21 Å². The molecule has 7 nitrogen and oxygen atoms in total. The predicted octanol–water partition coefficient (Wildman–Crippen LogP) is 0.227. The predicted molar refractivity (Wildman–Crippen MR) is 78.2 cm³/mol. The molecule has 1 heterocycles. The molecule has 0 saturated carbocycles. The first-order valence-electron chi connectivity index (χ1n) is 7.13. The molecule has 1 saturated heterocycles. The van der Waals surface area contributed by atoms with Crippen LogP contribution >= 0.6 is 0 Å². The van der Waals surface area contributed by atoms with Gasteiger partial charge in [-0.1, -0.05) is 6.92 Å². The third-order valence-electron chi connectivity index (χ3n) is 3.88. The number of nitrogens with zero attached hydrogens (tertiary/aromatic N) is 2. The minimum Gasteiger partial charge on any atom is -0.481 e. The quantitative estimate of drug-likeness (QED) is 0.756. The highest BCUT2D eigenvalue weighted by molar-refractivity contribution is 7.88. The molecule has 1 fully saturated rings. The fourth-order valence-electron chi connectivity index (χ4n) is 2.48. The van der Waals surface area contributed by atoms with Crippen molar-refractivity contribution in [3.63, 3.8) is 0 Å². The Bertz CT molecular complexity index is 483. The number of sulfonamides is 1. The molecule has 0 bridgehead atoms. The number of hydrogen-bond acceptors (Lipinski definition) is 4. The molecule has 122 valence electrons. The number of amides is 1. The van der Waals surface area contributed by atoms with Crippen molar-refractivity contribution in [2.45, 2.75) is 26.7 Å². The van der Waals surface area contributed by atoms with Crippen molar-refractivity contribution in [2.24, 2.45) is 11.8 Å². The third-order valence-corrected chi connectivity index (χ3v) is 5.18. The summed E-state index contributed by atoms with van der Waals surface area (Å²) < 4.78 is 24.3. The Balaban J connectivity index is 2.61. The summed E-state index contributed by atoms with van der Waals surface area (Å²) in [5.41, 5.74) is 0. The normalized spacial score (nSPS) is 19.2. The highest BCUT2D eigenvalue weighted by Gasteiger charge is 2.31. The number of carboxylic acid groups (broad SMARTS) is 1. The Kier molecular flexibility index (Phi) is 6.15. The molecule has 0 aliphatic carbocycles. The molecule has 0 aromatic carbocycles. The van der Waals surface area contributed by atoms with E-state index in [4.69, 9.17) is 5.11 Å². The Hall–Kier alpha value is -1.15. The Morgan fingerprint density at radius 3 is 2.24 bits per heavy atom. The van der Waals surface area contributed by atoms with Crippen molar-refractivity contribution in [3.8, 4) is 0 Å². The summed E-state index contributed by atoms with van der Waals surface area (Å²) in [6, 6.07) is 0. The molecule has 1 aliphatic heterocycles. The largest absolute Gasteiger partial charge is 0.481 e. The molecular formula is C13H24N2O5S. The van der Waals surface area contributed by atoms with Gasteiger partial charge in [0.05, 0.1) is 12.2 Å². The molecule has 1 rings (SSSR count). The molecule has 0 aromatic heterocycles. The lowest BCUT2D eigenvalue weighted by atomic mass is 9.96. The van der Waals surface area contributed by atoms with Gasteiger partial charge in [-0.3, -0.25) is 9.59 Å². The van der Waals surface area contributed by atoms with E-state index < -0.39 is 21.9 Å². The van der Waals surface area contributed by atoms with Crippen molar-refractivity contribution >= 4 is 21.9 Å². The zero-order valence-electron chi connectivity index (χ0n) is 12.8. The van der Waals surface area contributed by atoms with Gasteiger partial charge in [0.2, 0.25) is 15.9 Å². The van der Waals surface area contributed by atoms with Crippen LogP contribution in [0.5, 0.6) is 0 Å². The van der Waals surface area contributed by atoms with Crippen LogP contribution in [-0.2, 0) is 19.6 Å². The molecule has 0 spiro atoms. The van der Waals surface area contributed by atoms with Crippen LogP contribution in [-0.4, -0.2) is 67.0 Å². The fourth-order valence-corrected chi connectivity index (χ4v) is 3.35. The number of carbonyl (C=O) groups excluding carboxylic acids is 1. The van der Waals surface area contributed by atoms with E-state index >= 15 is 0 Å². The Morgan fingerprint density at radius 1 is 1.33 bits per heavy atom. The lowest BCUT2D eigenvalue weighted by molar-refractivity contribution is -0.144. The lowest BCUT2D eigenvalue weighted by Crippen LogP contribution is -2.45. The number of piperidine rings is 1. The highest BCUT2D eigenvalue weighted by atomic mass is 32.2. The average molecular weight is 320 g/mol. The van der Waals surface area contributed by atoms with Crippen molar-refractivity contribution in [3.05, 3.63) is 0 Å². The summed E-state index contributed by atoms with van der Waals surface area (Å²) in [6.07, 6.45) is 2.15. The summed E-state index contributed by atoms with van der Waals surface area (Å²) in [5.74, 6) is -1.82. The average Bonchev–Trinajstić information content (AvgIpc) is 2.42. The maximum atomic E-state index is 12.4. The lowest BCUT2D eigenvalue weighted by Gasteiger charge is -2.33. The van der Waals surface area contributed by atoms with Crippen LogP contribution < -0.4 is 0 Å². The summed E-state index contributed by atoms with van der Waals surface area (Å²) in [4.78, 5) is 24.9. The number of carboxylic acids is 1. The van der Waals surface area contributed by atoms with E-state index in [0.717, 1.165) is 0 Å². The third kappa shape index (κ3) is 4.96. The number of rotatable bonds is 6. The van der Waals surface area contributed by atoms with Gasteiger partial charge < -0.3 is 10.0 Å². The van der Waals surface area contributed by atoms with Gasteiger partial charge in [0.15, 0.2) is 0 Å². The van der Waals surface area contributed by atoms with Crippen LogP contribution in [0, 0.1) is 11.8 Å². The standard InChI is InChI=1S/C13H24N2O5S/c1-4-14(9-10(2)13(17)18)12(16)11-5-7-15(8-6-11)21(3,19)20/h10-11H,4-9H2,1-3H3,(H,17,18). The first-order chi connectivity index (χ1) is 9.66. The molecule has 1 atom stereocenters. The molecule has 0 aromatic rings. The second kappa shape index (κ2) is 7.22. The number of hydrogen-bond donors (Lipinski definition) is 1. The SMILES string of the molecule is CCN(CC(C)C(=O)O)C(=O)C1CCN(S(C)(=O)=O)CC1. The van der Waals surface area contributed by atoms with E-state index in [0.29, 0.717) is 32.5 Å². The van der Waals surface area contributed by atoms with Gasteiger partial charge in [-0.05, 0) is 19.8 Å². The first kappa shape index (κ1) is 17.9. The first-order valence-corrected chi connectivity index (χ1v) is 8.98. The van der Waals surface area contributed by atoms with Crippen molar-refractivity contribution in [2.75, 3.05) is 32.4 Å². The van der Waals surface area contributed by atoms with Gasteiger partial charge >= 0.3 is 5.97 Å². The Morgan fingerprint density at radius 2 is 1.86 bits per heavy atom. The van der Waals surface area contributed by atoms with Gasteiger partial charge in [0, 0.05) is 32.1 Å². The summed E-state index contributed by atoms with van der Waals surface area (Å²) in [5, 5.41) is 8.93. The van der Waals surface area contributed by atoms with E-state index in [1.165, 1.54) is 10.6 Å². The highest BCUT2D eigenvalue weighted by Crippen LogP contribution is 2.21. The fraction of sp³-hybridized carbons (Fsp3) is 0.846. The monoisotopic (exact) mass is 320 g/mol. The van der Waals surface area contributed by atoms with Gasteiger partial charge in [-0.2, -0.15) is 0 Å². The van der Waals surface area contributed by atoms with Gasteiger partial charge in [-0.25, -0.2) is 12.7 Å². The van der Waals surface area contributed by atoms with E-state index in [1.54, 1.807) is 11.8 Å². The van der Waals surface area contributed by atoms with Gasteiger partial charge in [0.1, 0.15) is 0 Å². The van der Waals surface area contributed by atoms with E-state index in [9.17, 15) is 18.0 Å². The molecule has 1 unspecified atom stereocenters. The van der Waals surface area contributed by atoms with E-state index in [-0.39, 0.29) is 18.4 Å². The maximum Gasteiger partial charge on any atom is 0.308 e. The number of aliphatic carboxylic acids is 1. The van der Waals surface area contributed by atoms with Crippen LogP contribution in [0.25, 0.3) is 0 Å². The summed E-state index contributed by atoms with van der Waals surface area (Å²) in [6.45, 7) is 4.74. The zero-order valence-corrected chi connectivity index (χ0v) is 13.6. The second-order valence-electron chi connectivity index (χ2n) is 5.55. The molecular weight excluding hydrogens is 296 g/mol. The van der Waals surface area contributed by atoms with Crippen molar-refractivity contribution in [1.29, 1.82) is 0 Å². The molecule has 8 heteroatoms. The topological polar surface area (TPSA) is 95.0 Å². The smallest absolute Gasteiger partial charge is 0.308 e. The van der Waals surface area contributed by atoms with E-state index in [2.05, 4.69) is 0 Å². The summed E-state index contributed by atoms with van der Waals surface area (Å²) >= 11 is 0. The van der Waals surface area contributed by atoms with Crippen LogP contribution in [0.15, 0.2) is 0 Å². The maximum absolute atomic E-state index is 12.4. The summed E-state index contributed by atoms with van der Waals surface area (Å²) in [7, 11) is -3.20. The van der Waals surface area contributed by atoms with Gasteiger partial charge in [-0.15, -0.1) is 0 Å². The van der Waals surface area contributed by atoms with Crippen LogP contribution in [0.2, 0.25) is 0 Å². The van der Waals surface area contributed by atoms with Crippen LogP contribution in [0.1, 0.15) is 26.7 Å². The Labute approximate surface area is 126 Å². The molecule has 1 amide bonds. The van der Waals surface area contributed by atoms with Gasteiger partial charge in [0.25, 0.3) is 0 Å². The van der Waals surface area contributed by atoms with E-state index in [1.807, 2.05) is 6.92 Å². The second-order valence-corrected chi connectivity index (χ2v) is 7.53. The van der Waals surface area contributed by atoms with Crippen molar-refractivity contribution < 1.29 is 23.1 Å². The van der Waals surface area contributed by atoms with Crippen LogP contribution in [0.3, 0.4) is 0 Å². The molecule has 1 N–H and O–H groups in total. The molecule has 0 radical (unpaired) electrons. The van der Waals surface area contributed by atoms with Crippen LogP contribution in [0.4, 0.5) is 0 Å². The molecule has 1 aliphatic rings. The minimum atomic E-state index is -3.20. The minimum absolute atomic E-state index is 0.0706. The zero-order chi connectivity index (χ0) is 16.2. The molecule has 21 heavy (non-hydrogen) atoms.